The molecule has 6 N–H and O–H groups in total. The molecule has 0 aromatic carbocycles. The van der Waals surface area contributed by atoms with Crippen molar-refractivity contribution >= 4 is 12.9 Å². The Bertz CT molecular complexity index is 53.5. The summed E-state index contributed by atoms with van der Waals surface area (Å²) in [7, 11) is 1.93. The molecule has 4 nitrogen and oxygen atoms in total. The third-order valence-corrected chi connectivity index (χ3v) is 0.850. The lowest BCUT2D eigenvalue weighted by molar-refractivity contribution is 0.627. The molecule has 0 aromatic heterocycles. The zero-order chi connectivity index (χ0) is 9.70. The highest BCUT2D eigenvalue weighted by molar-refractivity contribution is 7.74. The summed E-state index contributed by atoms with van der Waals surface area (Å²) in [5, 5.41) is 3.02. The fourth-order valence-corrected chi connectivity index (χ4v) is 0.372. The minimum Gasteiger partial charge on any atom is -0.412 e. The Balaban J connectivity index is -0.0000000315. The number of rotatable bonds is 3. The van der Waals surface area contributed by atoms with Crippen molar-refractivity contribution in [2.75, 3.05) is 13.6 Å². The molecule has 0 amide bonds. The van der Waals surface area contributed by atoms with Crippen LogP contribution in [-0.2, 0) is 0 Å². The van der Waals surface area contributed by atoms with Crippen LogP contribution in [0.1, 0.15) is 28.6 Å². The third-order valence-electron chi connectivity index (χ3n) is 0.850. The molecular weight excluding hydrogens is 176 g/mol. The van der Waals surface area contributed by atoms with Crippen LogP contribution in [0.4, 0.5) is 0 Å². The Morgan fingerprint density at radius 3 is 1.92 bits per heavy atom. The van der Waals surface area contributed by atoms with Gasteiger partial charge in [-0.1, -0.05) is 13.8 Å². The number of hydrogen-bond donors (Lipinski definition) is 4. The van der Waals surface area contributed by atoms with Crippen molar-refractivity contribution in [3.8, 4) is 0 Å². The van der Waals surface area contributed by atoms with Crippen molar-refractivity contribution in [3.05, 3.63) is 0 Å². The van der Waals surface area contributed by atoms with Crippen LogP contribution in [0, 0.1) is 0 Å². The summed E-state index contributed by atoms with van der Waals surface area (Å²) in [6, 6.07) is 0.340. The predicted molar refractivity (Wildman–Crippen MR) is 60.9 cm³/mol. The lowest BCUT2D eigenvalue weighted by Gasteiger charge is -2.00. The first-order chi connectivity index (χ1) is 5.27. The average Bonchev–Trinajstić information content (AvgIpc) is 2.08. The second kappa shape index (κ2) is 30.3. The van der Waals surface area contributed by atoms with Gasteiger partial charge in [0, 0.05) is 7.47 Å². The topological polar surface area (TPSA) is 89.8 Å². The summed E-state index contributed by atoms with van der Waals surface area (Å²) in [4.78, 5) is 0. The van der Waals surface area contributed by atoms with E-state index in [2.05, 4.69) is 18.2 Å². The summed E-state index contributed by atoms with van der Waals surface area (Å²) in [5.74, 6) is 0. The second-order valence-electron chi connectivity index (χ2n) is 1.87. The molecule has 0 aliphatic rings. The van der Waals surface area contributed by atoms with Crippen LogP contribution in [-0.4, -0.2) is 29.7 Å². The first-order valence-electron chi connectivity index (χ1n) is 3.87. The average molecular weight is 202 g/mol. The Kier molecular flexibility index (Phi) is 57.5. The molecule has 0 rings (SSSR count). The minimum absolute atomic E-state index is 0. The van der Waals surface area contributed by atoms with Gasteiger partial charge in [0.15, 0.2) is 0 Å². The lowest BCUT2D eigenvalue weighted by atomic mass is 10.2. The fourth-order valence-electron chi connectivity index (χ4n) is 0.372. The quantitative estimate of drug-likeness (QED) is 0.403. The Morgan fingerprint density at radius 1 is 1.50 bits per heavy atom. The van der Waals surface area contributed by atoms with Gasteiger partial charge in [-0.3, -0.25) is 0 Å². The summed E-state index contributed by atoms with van der Waals surface area (Å²) < 4.78 is 6.69. The highest BCUT2D eigenvalue weighted by atomic mass is 32.1. The van der Waals surface area contributed by atoms with Crippen LogP contribution in [0.15, 0.2) is 0 Å². The predicted octanol–water partition coefficient (Wildman–Crippen LogP) is 0.780. The van der Waals surface area contributed by atoms with Crippen LogP contribution in [0.3, 0.4) is 0 Å². The molecule has 0 spiro atoms. The van der Waals surface area contributed by atoms with Crippen LogP contribution in [0.5, 0.6) is 0 Å². The normalized spacial score (nSPS) is 9.25. The van der Waals surface area contributed by atoms with E-state index in [1.807, 2.05) is 27.8 Å². The molecule has 0 aromatic rings. The van der Waals surface area contributed by atoms with Crippen molar-refractivity contribution in [1.29, 1.82) is 0 Å². The molecule has 0 aliphatic heterocycles. The van der Waals surface area contributed by atoms with Crippen LogP contribution in [0.2, 0.25) is 0 Å². The van der Waals surface area contributed by atoms with E-state index >= 15 is 0 Å². The monoisotopic (exact) mass is 202 g/mol. The third kappa shape index (κ3) is 49.0. The largest absolute Gasteiger partial charge is 0.412 e. The second-order valence-corrected chi connectivity index (χ2v) is 1.87. The van der Waals surface area contributed by atoms with E-state index in [0.29, 0.717) is 6.04 Å². The van der Waals surface area contributed by atoms with Gasteiger partial charge >= 0.3 is 0 Å². The molecule has 0 saturated heterocycles. The van der Waals surface area contributed by atoms with Crippen LogP contribution >= 0.6 is 12.9 Å². The van der Waals surface area contributed by atoms with E-state index in [1.54, 1.807) is 0 Å². The molecular formula is C7H26N2O2S. The smallest absolute Gasteiger partial charge is 0.00225 e. The summed E-state index contributed by atoms with van der Waals surface area (Å²) in [6.07, 6.45) is 1.07. The summed E-state index contributed by atoms with van der Waals surface area (Å²) in [6.45, 7) is 7.04. The van der Waals surface area contributed by atoms with E-state index in [4.69, 9.17) is 10.3 Å². The molecule has 5 heteroatoms. The highest BCUT2D eigenvalue weighted by Crippen LogP contribution is 1.79. The number of thiol groups is 1. The minimum atomic E-state index is 0. The number of hydrogen-bond acceptors (Lipinski definition) is 4. The molecule has 0 heterocycles. The van der Waals surface area contributed by atoms with Crippen molar-refractivity contribution < 1.29 is 11.5 Å². The summed E-state index contributed by atoms with van der Waals surface area (Å²) in [5.41, 5.74) is 5.44. The zero-order valence-corrected chi connectivity index (χ0v) is 9.36. The molecule has 0 bridgehead atoms. The number of nitrogens with one attached hydrogen (secondary N) is 1. The van der Waals surface area contributed by atoms with E-state index in [9.17, 15) is 0 Å². The van der Waals surface area contributed by atoms with Crippen molar-refractivity contribution in [3.63, 3.8) is 0 Å². The van der Waals surface area contributed by atoms with Crippen LogP contribution in [0.25, 0.3) is 0 Å². The van der Waals surface area contributed by atoms with Crippen molar-refractivity contribution in [2.45, 2.75) is 33.2 Å². The van der Waals surface area contributed by atoms with Gasteiger partial charge in [-0.2, -0.15) is 0 Å². The van der Waals surface area contributed by atoms with E-state index in [1.165, 1.54) is 0 Å². The first-order valence-corrected chi connectivity index (χ1v) is 4.27. The van der Waals surface area contributed by atoms with Gasteiger partial charge in [-0.05, 0) is 39.8 Å². The van der Waals surface area contributed by atoms with E-state index in [-0.39, 0.29) is 6.90 Å². The van der Waals surface area contributed by atoms with Gasteiger partial charge in [0.2, 0.25) is 0 Å². The maximum atomic E-state index is 6.69. The van der Waals surface area contributed by atoms with E-state index in [0.717, 1.165) is 13.0 Å². The first kappa shape index (κ1) is 22.8. The van der Waals surface area contributed by atoms with Gasteiger partial charge in [-0.15, -0.1) is 0 Å². The van der Waals surface area contributed by atoms with Gasteiger partial charge in [0.25, 0.3) is 0 Å². The molecule has 82 valence electrons. The zero-order valence-electron chi connectivity index (χ0n) is 8.46. The Morgan fingerprint density at radius 2 is 1.83 bits per heavy atom. The molecule has 0 radical (unpaired) electrons. The molecule has 0 saturated carbocycles. The van der Waals surface area contributed by atoms with Gasteiger partial charge in [0.1, 0.15) is 0 Å². The fraction of sp³-hybridized carbons (Fsp3) is 1.00. The highest BCUT2D eigenvalue weighted by Gasteiger charge is 1.88. The summed E-state index contributed by atoms with van der Waals surface area (Å²) >= 11 is 2.53. The van der Waals surface area contributed by atoms with Gasteiger partial charge < -0.3 is 21.1 Å². The maximum absolute atomic E-state index is 6.69. The van der Waals surface area contributed by atoms with Crippen LogP contribution < -0.4 is 11.1 Å². The Labute approximate surface area is 83.0 Å². The van der Waals surface area contributed by atoms with Gasteiger partial charge in [0.05, 0.1) is 0 Å². The lowest BCUT2D eigenvalue weighted by Crippen LogP contribution is -2.21. The standard InChI is InChI=1S/C5H14N2.C2H6.H2OS.H2O.H2/c1-5(6)3-4-7-2;2*1-2;;/h5,7H,3-4,6H2,1-2H3;1-2H3;1-2H;1H2;1H. The SMILES string of the molecule is CC.CNCCC(C)N.O.OS.[HH]. The molecule has 0 fully saturated rings. The van der Waals surface area contributed by atoms with Crippen molar-refractivity contribution in [1.82, 2.24) is 5.32 Å². The molecule has 12 heavy (non-hydrogen) atoms. The maximum Gasteiger partial charge on any atom is 0.00225 e. The van der Waals surface area contributed by atoms with E-state index < -0.39 is 0 Å². The van der Waals surface area contributed by atoms with Crippen molar-refractivity contribution in [2.24, 2.45) is 5.73 Å². The molecule has 1 unspecified atom stereocenters. The molecule has 1 atom stereocenters. The molecule has 0 aliphatic carbocycles. The Hall–Kier alpha value is 0.190. The van der Waals surface area contributed by atoms with Gasteiger partial charge in [-0.25, -0.2) is 0 Å². The number of nitrogens with two attached hydrogens (primary N) is 1.